The van der Waals surface area contributed by atoms with E-state index in [1.54, 1.807) is 0 Å². The summed E-state index contributed by atoms with van der Waals surface area (Å²) in [6.07, 6.45) is 22.2. The average Bonchev–Trinajstić information content (AvgIpc) is 2.87. The van der Waals surface area contributed by atoms with Gasteiger partial charge in [-0.2, -0.15) is 0 Å². The van der Waals surface area contributed by atoms with Gasteiger partial charge in [0.2, 0.25) is 0 Å². The summed E-state index contributed by atoms with van der Waals surface area (Å²) in [5.41, 5.74) is 0. The first-order valence-corrected chi connectivity index (χ1v) is 17.4. The van der Waals surface area contributed by atoms with E-state index in [0.29, 0.717) is 12.5 Å². The number of ether oxygens (including phenoxy) is 2. The van der Waals surface area contributed by atoms with Gasteiger partial charge in [-0.25, -0.2) is 0 Å². The largest absolute Gasteiger partial charge is 0.419 e. The van der Waals surface area contributed by atoms with Gasteiger partial charge in [0.25, 0.3) is 0 Å². The molecule has 7 heteroatoms. The summed E-state index contributed by atoms with van der Waals surface area (Å²) in [4.78, 5) is 0. The topological polar surface area (TPSA) is 68.2 Å². The molecule has 6 nitrogen and oxygen atoms in total. The van der Waals surface area contributed by atoms with Crippen molar-refractivity contribution in [3.8, 4) is 0 Å². The lowest BCUT2D eigenvalue weighted by molar-refractivity contribution is -0.893. The van der Waals surface area contributed by atoms with Crippen molar-refractivity contribution in [2.45, 2.75) is 129 Å². The molecule has 0 rings (SSSR count). The Morgan fingerprint density at radius 2 is 1.11 bits per heavy atom. The Morgan fingerprint density at radius 3 is 1.54 bits per heavy atom. The van der Waals surface area contributed by atoms with Crippen LogP contribution >= 0.6 is 0 Å². The predicted octanol–water partition coefficient (Wildman–Crippen LogP) is 5.82. The van der Waals surface area contributed by atoms with Gasteiger partial charge >= 0.3 is 0 Å². The first kappa shape index (κ1) is 37.0. The van der Waals surface area contributed by atoms with Crippen LogP contribution in [0.3, 0.4) is 0 Å². The normalized spacial score (nSPS) is 13.4. The molecule has 224 valence electrons. The number of nitrogens with zero attached hydrogens (tertiary/aromatic N) is 1. The van der Waals surface area contributed by atoms with Crippen LogP contribution in [0.5, 0.6) is 0 Å². The molecule has 0 bridgehead atoms. The van der Waals surface area contributed by atoms with E-state index in [0.717, 1.165) is 10.5 Å². The van der Waals surface area contributed by atoms with Crippen molar-refractivity contribution in [1.29, 1.82) is 0 Å². The number of hydrogen-bond donors (Lipinski definition) is 2. The van der Waals surface area contributed by atoms with E-state index in [4.69, 9.17) is 24.1 Å². The minimum absolute atomic E-state index is 0.0418. The quantitative estimate of drug-likeness (QED) is 0.0512. The predicted molar refractivity (Wildman–Crippen MR) is 160 cm³/mol. The highest BCUT2D eigenvalue weighted by molar-refractivity contribution is 6.27. The zero-order chi connectivity index (χ0) is 27.5. The van der Waals surface area contributed by atoms with Crippen molar-refractivity contribution < 1.29 is 28.6 Å². The van der Waals surface area contributed by atoms with Crippen molar-refractivity contribution in [2.75, 3.05) is 60.2 Å². The molecule has 0 aromatic rings. The van der Waals surface area contributed by atoms with Crippen LogP contribution in [0.2, 0.25) is 6.04 Å². The SMILES string of the molecule is CCCCCCCCCCCCCCCCCC[N+](C)(C)CC(C)C[SiH2]OCC(OCCO)OCCO. The summed E-state index contributed by atoms with van der Waals surface area (Å²) >= 11 is 0. The third kappa shape index (κ3) is 27.3. The first-order valence-electron chi connectivity index (χ1n) is 15.8. The van der Waals surface area contributed by atoms with Gasteiger partial charge in [-0.3, -0.25) is 0 Å². The van der Waals surface area contributed by atoms with E-state index in [9.17, 15) is 0 Å². The molecule has 0 aliphatic rings. The Hall–Kier alpha value is -0.0231. The molecule has 0 aromatic carbocycles. The van der Waals surface area contributed by atoms with Crippen LogP contribution in [0.25, 0.3) is 0 Å². The summed E-state index contributed by atoms with van der Waals surface area (Å²) in [6, 6.07) is 1.15. The molecule has 0 spiro atoms. The van der Waals surface area contributed by atoms with Crippen LogP contribution in [-0.2, 0) is 13.9 Å². The lowest BCUT2D eigenvalue weighted by Gasteiger charge is -2.32. The van der Waals surface area contributed by atoms with Crippen LogP contribution in [0.15, 0.2) is 0 Å². The molecule has 0 saturated carbocycles. The van der Waals surface area contributed by atoms with Gasteiger partial charge in [0.05, 0.1) is 60.2 Å². The van der Waals surface area contributed by atoms with Crippen molar-refractivity contribution >= 4 is 9.76 Å². The number of rotatable bonds is 30. The van der Waals surface area contributed by atoms with Crippen molar-refractivity contribution in [3.63, 3.8) is 0 Å². The third-order valence-electron chi connectivity index (χ3n) is 7.22. The smallest absolute Gasteiger partial charge is 0.179 e. The second kappa shape index (κ2) is 27.5. The van der Waals surface area contributed by atoms with Crippen LogP contribution < -0.4 is 0 Å². The second-order valence-corrected chi connectivity index (χ2v) is 13.1. The fourth-order valence-corrected chi connectivity index (χ4v) is 6.20. The molecule has 37 heavy (non-hydrogen) atoms. The molecule has 0 saturated heterocycles. The molecule has 0 heterocycles. The monoisotopic (exact) mass is 548 g/mol. The Labute approximate surface area is 233 Å². The van der Waals surface area contributed by atoms with E-state index in [-0.39, 0.29) is 26.4 Å². The van der Waals surface area contributed by atoms with Gasteiger partial charge in [0, 0.05) is 5.92 Å². The van der Waals surface area contributed by atoms with E-state index >= 15 is 0 Å². The maximum Gasteiger partial charge on any atom is 0.179 e. The van der Waals surface area contributed by atoms with Gasteiger partial charge in [-0.15, -0.1) is 0 Å². The summed E-state index contributed by atoms with van der Waals surface area (Å²) in [5, 5.41) is 17.8. The Balaban J connectivity index is 3.61. The van der Waals surface area contributed by atoms with Gasteiger partial charge in [0.15, 0.2) is 16.1 Å². The van der Waals surface area contributed by atoms with Crippen molar-refractivity contribution in [1.82, 2.24) is 0 Å². The Kier molecular flexibility index (Phi) is 27.5. The highest BCUT2D eigenvalue weighted by atomic mass is 28.2. The van der Waals surface area contributed by atoms with Gasteiger partial charge in [-0.05, 0) is 18.9 Å². The summed E-state index contributed by atoms with van der Waals surface area (Å²) in [7, 11) is 4.10. The number of unbranched alkanes of at least 4 members (excludes halogenated alkanes) is 15. The standard InChI is InChI=1S/C30H66NO5Si/c1-5-6-7-8-9-10-11-12-13-14-15-16-17-18-19-20-21-31(3,4)26-29(2)28-37-36-27-30(34-24-22-32)35-25-23-33/h29-30,32-33H,5-28,37H2,1-4H3/q+1. The van der Waals surface area contributed by atoms with E-state index < -0.39 is 16.1 Å². The summed E-state index contributed by atoms with van der Waals surface area (Å²) in [5.74, 6) is 0.651. The summed E-state index contributed by atoms with van der Waals surface area (Å²) in [6.45, 7) is 7.84. The van der Waals surface area contributed by atoms with Crippen molar-refractivity contribution in [3.05, 3.63) is 0 Å². The molecular weight excluding hydrogens is 482 g/mol. The molecular formula is C30H66NO5Si+. The van der Waals surface area contributed by atoms with Gasteiger partial charge in [-0.1, -0.05) is 104 Å². The molecule has 1 unspecified atom stereocenters. The lowest BCUT2D eigenvalue weighted by atomic mass is 10.0. The maximum atomic E-state index is 8.92. The maximum absolute atomic E-state index is 8.92. The van der Waals surface area contributed by atoms with E-state index in [1.807, 2.05) is 0 Å². The lowest BCUT2D eigenvalue weighted by Crippen LogP contribution is -2.43. The molecule has 0 aromatic heterocycles. The van der Waals surface area contributed by atoms with Crippen LogP contribution in [0, 0.1) is 5.92 Å². The highest BCUT2D eigenvalue weighted by Gasteiger charge is 2.19. The highest BCUT2D eigenvalue weighted by Crippen LogP contribution is 2.15. The molecule has 1 atom stereocenters. The fourth-order valence-electron chi connectivity index (χ4n) is 5.09. The van der Waals surface area contributed by atoms with Crippen molar-refractivity contribution in [2.24, 2.45) is 5.92 Å². The van der Waals surface area contributed by atoms with Crippen LogP contribution in [0.4, 0.5) is 0 Å². The zero-order valence-electron chi connectivity index (χ0n) is 25.4. The minimum atomic E-state index is -0.638. The third-order valence-corrected chi connectivity index (χ3v) is 8.97. The second-order valence-electron chi connectivity index (χ2n) is 11.7. The number of quaternary nitrogens is 1. The molecule has 0 aliphatic carbocycles. The first-order chi connectivity index (χ1) is 17.9. The molecule has 0 aliphatic heterocycles. The number of hydrogen-bond acceptors (Lipinski definition) is 5. The number of aliphatic hydroxyl groups is 2. The molecule has 0 radical (unpaired) electrons. The Morgan fingerprint density at radius 1 is 0.676 bits per heavy atom. The average molecular weight is 549 g/mol. The molecule has 0 amide bonds. The van der Waals surface area contributed by atoms with Crippen LogP contribution in [0.1, 0.15) is 117 Å². The summed E-state index contributed by atoms with van der Waals surface area (Å²) < 4.78 is 17.8. The number of aliphatic hydroxyl groups excluding tert-OH is 2. The minimum Gasteiger partial charge on any atom is -0.419 e. The van der Waals surface area contributed by atoms with E-state index in [1.165, 1.54) is 116 Å². The molecule has 0 fully saturated rings. The van der Waals surface area contributed by atoms with E-state index in [2.05, 4.69) is 27.9 Å². The Bertz CT molecular complexity index is 448. The molecule has 2 N–H and O–H groups in total. The zero-order valence-corrected chi connectivity index (χ0v) is 26.8. The van der Waals surface area contributed by atoms with Crippen LogP contribution in [-0.4, -0.2) is 91.0 Å². The van der Waals surface area contributed by atoms with Gasteiger partial charge < -0.3 is 28.6 Å². The fraction of sp³-hybridized carbons (Fsp3) is 1.00. The van der Waals surface area contributed by atoms with Gasteiger partial charge in [0.1, 0.15) is 0 Å².